The summed E-state index contributed by atoms with van der Waals surface area (Å²) in [6.07, 6.45) is 17.8. The molecule has 1 rings (SSSR count). The van der Waals surface area contributed by atoms with Crippen LogP contribution in [0.2, 0.25) is 0 Å². The van der Waals surface area contributed by atoms with Crippen LogP contribution in [0.25, 0.3) is 0 Å². The predicted molar refractivity (Wildman–Crippen MR) is 119 cm³/mol. The number of esters is 1. The number of carbonyl (C=O) groups excluding carboxylic acids is 3. The Morgan fingerprint density at radius 1 is 0.833 bits per heavy atom. The van der Waals surface area contributed by atoms with Gasteiger partial charge in [0.25, 0.3) is 0 Å². The monoisotopic (exact) mass is 418 g/mol. The maximum Gasteiger partial charge on any atom is 0.308 e. The lowest BCUT2D eigenvalue weighted by molar-refractivity contribution is -0.140. The molecule has 0 saturated heterocycles. The molecule has 0 bridgehead atoms. The molecule has 0 fully saturated rings. The van der Waals surface area contributed by atoms with Gasteiger partial charge in [0.1, 0.15) is 0 Å². The van der Waals surface area contributed by atoms with Crippen LogP contribution in [0.4, 0.5) is 0 Å². The fraction of sp³-hybridized carbons (Fsp3) is 0.640. The maximum absolute atomic E-state index is 12.7. The van der Waals surface area contributed by atoms with Gasteiger partial charge in [-0.25, -0.2) is 0 Å². The number of methoxy groups -OCH3 is 1. The second-order valence-corrected chi connectivity index (χ2v) is 7.84. The van der Waals surface area contributed by atoms with Gasteiger partial charge in [-0.1, -0.05) is 64.0 Å². The Hall–Kier alpha value is -2.17. The standard InChI is InChI=1S/C25H38O5/c1-5-6-7-8-9-10-11-12-13-14-15-16-17-18-21-23(28)24(30-20(3)26)19(2)22(27)25(21)29-4/h8-9H,5-7,10-18H2,1-4H3/b9-8-. The average Bonchev–Trinajstić information content (AvgIpc) is 2.72. The summed E-state index contributed by atoms with van der Waals surface area (Å²) in [6.45, 7) is 4.91. The van der Waals surface area contributed by atoms with E-state index in [0.29, 0.717) is 12.0 Å². The SMILES string of the molecule is CCCC/C=C\CCCCCCCCCC1=C(OC)C(=O)C(C)=C(OC(C)=O)C1=O. The molecular weight excluding hydrogens is 380 g/mol. The van der Waals surface area contributed by atoms with E-state index in [1.54, 1.807) is 0 Å². The van der Waals surface area contributed by atoms with Crippen molar-refractivity contribution in [1.29, 1.82) is 0 Å². The van der Waals surface area contributed by atoms with Gasteiger partial charge in [0.05, 0.1) is 7.11 Å². The third-order valence-electron chi connectivity index (χ3n) is 5.28. The molecule has 0 unspecified atom stereocenters. The van der Waals surface area contributed by atoms with Gasteiger partial charge in [0.2, 0.25) is 11.6 Å². The molecule has 0 saturated carbocycles. The van der Waals surface area contributed by atoms with Gasteiger partial charge in [-0.2, -0.15) is 0 Å². The molecule has 0 amide bonds. The minimum atomic E-state index is -0.609. The van der Waals surface area contributed by atoms with E-state index >= 15 is 0 Å². The molecule has 0 aromatic heterocycles. The molecule has 0 aromatic rings. The van der Waals surface area contributed by atoms with Gasteiger partial charge in [-0.3, -0.25) is 14.4 Å². The molecule has 0 aliphatic heterocycles. The largest absolute Gasteiger partial charge is 0.492 e. The number of unbranched alkanes of at least 4 members (excludes halogenated alkanes) is 9. The number of rotatable bonds is 15. The highest BCUT2D eigenvalue weighted by molar-refractivity contribution is 6.23. The molecule has 1 aliphatic carbocycles. The first-order valence-corrected chi connectivity index (χ1v) is 11.3. The Morgan fingerprint density at radius 3 is 1.97 bits per heavy atom. The summed E-state index contributed by atoms with van der Waals surface area (Å²) in [6, 6.07) is 0. The zero-order valence-electron chi connectivity index (χ0n) is 19.2. The molecule has 5 heteroatoms. The fourth-order valence-electron chi connectivity index (χ4n) is 3.54. The minimum Gasteiger partial charge on any atom is -0.492 e. The second-order valence-electron chi connectivity index (χ2n) is 7.84. The summed E-state index contributed by atoms with van der Waals surface area (Å²) in [5.74, 6) is -1.48. The van der Waals surface area contributed by atoms with Crippen LogP contribution in [-0.2, 0) is 23.9 Å². The van der Waals surface area contributed by atoms with E-state index in [-0.39, 0.29) is 22.9 Å². The van der Waals surface area contributed by atoms with Crippen molar-refractivity contribution in [2.45, 2.75) is 97.8 Å². The lowest BCUT2D eigenvalue weighted by atomic mass is 9.90. The van der Waals surface area contributed by atoms with Crippen molar-refractivity contribution < 1.29 is 23.9 Å². The lowest BCUT2D eigenvalue weighted by Crippen LogP contribution is -2.26. The van der Waals surface area contributed by atoms with E-state index in [4.69, 9.17) is 9.47 Å². The Balaban J connectivity index is 2.33. The topological polar surface area (TPSA) is 69.7 Å². The van der Waals surface area contributed by atoms with Crippen molar-refractivity contribution in [2.24, 2.45) is 0 Å². The van der Waals surface area contributed by atoms with Crippen LogP contribution >= 0.6 is 0 Å². The summed E-state index contributed by atoms with van der Waals surface area (Å²) in [5, 5.41) is 0. The Kier molecular flexibility index (Phi) is 12.7. The van der Waals surface area contributed by atoms with Crippen LogP contribution in [-0.4, -0.2) is 24.6 Å². The predicted octanol–water partition coefficient (Wildman–Crippen LogP) is 6.13. The van der Waals surface area contributed by atoms with E-state index < -0.39 is 11.8 Å². The van der Waals surface area contributed by atoms with Crippen molar-refractivity contribution in [3.05, 3.63) is 34.8 Å². The van der Waals surface area contributed by atoms with E-state index in [1.807, 2.05) is 0 Å². The number of carbonyl (C=O) groups is 3. The van der Waals surface area contributed by atoms with E-state index in [2.05, 4.69) is 19.1 Å². The molecule has 168 valence electrons. The smallest absolute Gasteiger partial charge is 0.308 e. The number of ketones is 2. The highest BCUT2D eigenvalue weighted by Gasteiger charge is 2.35. The van der Waals surface area contributed by atoms with Crippen molar-refractivity contribution >= 4 is 17.5 Å². The average molecular weight is 419 g/mol. The van der Waals surface area contributed by atoms with Crippen LogP contribution in [0.5, 0.6) is 0 Å². The molecule has 0 N–H and O–H groups in total. The van der Waals surface area contributed by atoms with Crippen molar-refractivity contribution in [3.8, 4) is 0 Å². The molecule has 0 spiro atoms. The van der Waals surface area contributed by atoms with E-state index in [0.717, 1.165) is 19.3 Å². The first kappa shape index (κ1) is 25.9. The summed E-state index contributed by atoms with van der Waals surface area (Å²) >= 11 is 0. The number of ether oxygens (including phenoxy) is 2. The van der Waals surface area contributed by atoms with Crippen LogP contribution < -0.4 is 0 Å². The van der Waals surface area contributed by atoms with Crippen molar-refractivity contribution in [2.75, 3.05) is 7.11 Å². The van der Waals surface area contributed by atoms with Gasteiger partial charge in [-0.05, 0) is 39.0 Å². The van der Waals surface area contributed by atoms with Gasteiger partial charge in [0, 0.05) is 18.1 Å². The normalized spacial score (nSPS) is 14.8. The summed E-state index contributed by atoms with van der Waals surface area (Å²) < 4.78 is 10.2. The molecule has 0 radical (unpaired) electrons. The van der Waals surface area contributed by atoms with Gasteiger partial charge < -0.3 is 9.47 Å². The third kappa shape index (κ3) is 8.68. The molecule has 0 heterocycles. The zero-order chi connectivity index (χ0) is 22.4. The first-order chi connectivity index (χ1) is 14.4. The highest BCUT2D eigenvalue weighted by Crippen LogP contribution is 2.29. The van der Waals surface area contributed by atoms with E-state index in [9.17, 15) is 14.4 Å². The number of hydrogen-bond acceptors (Lipinski definition) is 5. The zero-order valence-corrected chi connectivity index (χ0v) is 19.2. The molecule has 5 nitrogen and oxygen atoms in total. The van der Waals surface area contributed by atoms with Crippen LogP contribution in [0.3, 0.4) is 0 Å². The first-order valence-electron chi connectivity index (χ1n) is 11.3. The minimum absolute atomic E-state index is 0.0837. The summed E-state index contributed by atoms with van der Waals surface area (Å²) in [5.41, 5.74) is 0.440. The number of Topliss-reactive ketones (excluding diaryl/α,β-unsaturated/α-hetero) is 2. The lowest BCUT2D eigenvalue weighted by Gasteiger charge is -2.20. The van der Waals surface area contributed by atoms with Gasteiger partial charge >= 0.3 is 5.97 Å². The Morgan fingerprint density at radius 2 is 1.40 bits per heavy atom. The molecule has 1 aliphatic rings. The molecule has 0 atom stereocenters. The van der Waals surface area contributed by atoms with Crippen molar-refractivity contribution in [1.82, 2.24) is 0 Å². The number of hydrogen-bond donors (Lipinski definition) is 0. The quantitative estimate of drug-likeness (QED) is 0.138. The Bertz CT molecular complexity index is 682. The van der Waals surface area contributed by atoms with Crippen LogP contribution in [0.15, 0.2) is 34.8 Å². The molecule has 0 aromatic carbocycles. The van der Waals surface area contributed by atoms with Gasteiger partial charge in [0.15, 0.2) is 11.5 Å². The maximum atomic E-state index is 12.7. The Labute approximate surface area is 181 Å². The second kappa shape index (κ2) is 14.8. The molecular formula is C25H38O5. The summed E-state index contributed by atoms with van der Waals surface area (Å²) in [7, 11) is 1.39. The third-order valence-corrected chi connectivity index (χ3v) is 5.28. The van der Waals surface area contributed by atoms with Gasteiger partial charge in [-0.15, -0.1) is 0 Å². The fourth-order valence-corrected chi connectivity index (χ4v) is 3.54. The summed E-state index contributed by atoms with van der Waals surface area (Å²) in [4.78, 5) is 36.4. The van der Waals surface area contributed by atoms with Crippen LogP contribution in [0.1, 0.15) is 97.8 Å². The highest BCUT2D eigenvalue weighted by atomic mass is 16.5. The van der Waals surface area contributed by atoms with Crippen LogP contribution in [0, 0.1) is 0 Å². The molecule has 30 heavy (non-hydrogen) atoms. The number of allylic oxidation sites excluding steroid dienone is 4. The van der Waals surface area contributed by atoms with Crippen molar-refractivity contribution in [3.63, 3.8) is 0 Å². The van der Waals surface area contributed by atoms with E-state index in [1.165, 1.54) is 72.3 Å².